The molecular weight excluding hydrogens is 721 g/mol. The van der Waals surface area contributed by atoms with E-state index in [4.69, 9.17) is 14.4 Å². The van der Waals surface area contributed by atoms with Gasteiger partial charge in [-0.1, -0.05) is 6.07 Å². The number of oxazole rings is 1. The first kappa shape index (κ1) is 36.2. The molecule has 0 atom stereocenters. The Hall–Kier alpha value is -6.45. The van der Waals surface area contributed by atoms with E-state index in [-0.39, 0.29) is 11.1 Å². The first-order valence-corrected chi connectivity index (χ1v) is 19.2. The molecule has 57 heavy (non-hydrogen) atoms. The lowest BCUT2D eigenvalue weighted by Crippen LogP contribution is -2.44. The average Bonchev–Trinajstić information content (AvgIpc) is 3.81. The van der Waals surface area contributed by atoms with Gasteiger partial charge >= 0.3 is 0 Å². The number of piperazine rings is 2. The van der Waals surface area contributed by atoms with Gasteiger partial charge in [0.2, 0.25) is 0 Å². The van der Waals surface area contributed by atoms with Crippen LogP contribution in [0.3, 0.4) is 0 Å². The number of rotatable bonds is 4. The van der Waals surface area contributed by atoms with Gasteiger partial charge in [0.25, 0.3) is 11.1 Å². The monoisotopic (exact) mass is 764 g/mol. The normalized spacial score (nSPS) is 15.5. The summed E-state index contributed by atoms with van der Waals surface area (Å²) >= 11 is 0. The molecule has 10 rings (SSSR count). The summed E-state index contributed by atoms with van der Waals surface area (Å²) in [7, 11) is 4.26. The summed E-state index contributed by atoms with van der Waals surface area (Å²) in [5.74, 6) is 0.620. The molecule has 1 aromatic carbocycles. The smallest absolute Gasteiger partial charge is 0.258 e. The van der Waals surface area contributed by atoms with E-state index in [0.717, 1.165) is 91.7 Å². The van der Waals surface area contributed by atoms with Gasteiger partial charge < -0.3 is 24.0 Å². The van der Waals surface area contributed by atoms with E-state index in [2.05, 4.69) is 48.8 Å². The maximum atomic E-state index is 12.8. The highest BCUT2D eigenvalue weighted by molar-refractivity contribution is 5.79. The Morgan fingerprint density at radius 2 is 1.16 bits per heavy atom. The molecule has 2 fully saturated rings. The number of aryl methyl sites for hydroxylation is 3. The van der Waals surface area contributed by atoms with Crippen LogP contribution in [0.25, 0.3) is 50.6 Å². The molecule has 9 heterocycles. The third kappa shape index (κ3) is 7.22. The van der Waals surface area contributed by atoms with Gasteiger partial charge in [-0.2, -0.15) is 5.10 Å². The van der Waals surface area contributed by atoms with Gasteiger partial charge in [-0.3, -0.25) is 23.4 Å². The molecule has 0 N–H and O–H groups in total. The summed E-state index contributed by atoms with van der Waals surface area (Å²) in [6.45, 7) is 13.6. The molecule has 0 radical (unpaired) electrons. The maximum Gasteiger partial charge on any atom is 0.258 e. The number of anilines is 2. The lowest BCUT2D eigenvalue weighted by molar-refractivity contribution is 0.313. The van der Waals surface area contributed by atoms with Crippen LogP contribution in [0.5, 0.6) is 0 Å². The standard InChI is InChI=1S/C21H23N7O.C21H21N5O2/c1-14-12-28-19(15(2)22-14)10-18(24-28)17-11-21(29)27-13-16(4-5-20(27)23-17)26-8-6-25(3)7-9-26;1-14-22-17-5-3-15(11-19(17)28-14)18-12-21(27)26-13-16(4-6-20(26)23-18)25-9-7-24(2)8-10-25/h4-5,10-13H,6-9H2,1-3H3;3-6,11-13H,7-10H2,1-2H3. The van der Waals surface area contributed by atoms with E-state index < -0.39 is 0 Å². The van der Waals surface area contributed by atoms with E-state index in [1.165, 1.54) is 0 Å². The fourth-order valence-corrected chi connectivity index (χ4v) is 7.58. The molecule has 0 amide bonds. The average molecular weight is 765 g/mol. The number of aromatic nitrogens is 8. The lowest BCUT2D eigenvalue weighted by atomic mass is 10.1. The quantitative estimate of drug-likeness (QED) is 0.252. The molecule has 0 unspecified atom stereocenters. The highest BCUT2D eigenvalue weighted by atomic mass is 16.3. The SMILES string of the molecule is Cc1cn2nc(-c3cc(=O)n4cc(N5CCN(C)CC5)ccc4n3)cc2c(C)n1.Cc1nc2ccc(-c3cc(=O)n4cc(N5CCN(C)CC5)ccc4n3)cc2o1. The molecule has 0 bridgehead atoms. The van der Waals surface area contributed by atoms with E-state index in [1.807, 2.05) is 87.9 Å². The number of likely N-dealkylation sites (N-methyl/N-ethyl adjacent to an activating group) is 2. The number of fused-ring (bicyclic) bond motifs is 4. The molecule has 2 aliphatic rings. The van der Waals surface area contributed by atoms with Gasteiger partial charge in [0.05, 0.1) is 45.9 Å². The number of hydrogen-bond donors (Lipinski definition) is 0. The Bertz CT molecular complexity index is 2910. The first-order chi connectivity index (χ1) is 27.5. The second-order valence-corrected chi connectivity index (χ2v) is 15.0. The maximum absolute atomic E-state index is 12.8. The van der Waals surface area contributed by atoms with Crippen LogP contribution >= 0.6 is 0 Å². The highest BCUT2D eigenvalue weighted by Crippen LogP contribution is 2.25. The van der Waals surface area contributed by atoms with E-state index in [1.54, 1.807) is 25.4 Å². The Balaban J connectivity index is 0.000000148. The van der Waals surface area contributed by atoms with Crippen molar-refractivity contribution in [1.29, 1.82) is 0 Å². The molecule has 0 spiro atoms. The molecule has 2 saturated heterocycles. The van der Waals surface area contributed by atoms with Crippen LogP contribution in [0.4, 0.5) is 11.4 Å². The van der Waals surface area contributed by atoms with Crippen LogP contribution in [0, 0.1) is 20.8 Å². The minimum absolute atomic E-state index is 0.0928. The number of nitrogens with zero attached hydrogens (tertiary/aromatic N) is 12. The Morgan fingerprint density at radius 3 is 1.77 bits per heavy atom. The van der Waals surface area contributed by atoms with Crippen LogP contribution in [0.15, 0.2) is 93.3 Å². The summed E-state index contributed by atoms with van der Waals surface area (Å²) in [4.78, 5) is 53.0. The van der Waals surface area contributed by atoms with Crippen molar-refractivity contribution in [2.45, 2.75) is 20.8 Å². The molecule has 15 nitrogen and oxygen atoms in total. The first-order valence-electron chi connectivity index (χ1n) is 19.2. The molecule has 8 aromatic rings. The van der Waals surface area contributed by atoms with Crippen molar-refractivity contribution in [3.63, 3.8) is 0 Å². The van der Waals surface area contributed by atoms with Crippen molar-refractivity contribution in [3.8, 4) is 22.6 Å². The van der Waals surface area contributed by atoms with Gasteiger partial charge in [-0.15, -0.1) is 0 Å². The van der Waals surface area contributed by atoms with Crippen molar-refractivity contribution in [3.05, 3.63) is 117 Å². The molecule has 7 aromatic heterocycles. The number of pyridine rings is 2. The third-order valence-electron chi connectivity index (χ3n) is 10.8. The summed E-state index contributed by atoms with van der Waals surface area (Å²) in [6.07, 6.45) is 5.66. The molecular formula is C42H44N12O3. The summed E-state index contributed by atoms with van der Waals surface area (Å²) in [5.41, 5.74) is 10.1. The Labute approximate surface area is 328 Å². The van der Waals surface area contributed by atoms with Gasteiger partial charge in [0.1, 0.15) is 22.5 Å². The number of benzene rings is 1. The topological polar surface area (TPSA) is 138 Å². The van der Waals surface area contributed by atoms with Gasteiger partial charge in [-0.05, 0) is 70.4 Å². The second kappa shape index (κ2) is 14.6. The van der Waals surface area contributed by atoms with Gasteiger partial charge in [-0.25, -0.2) is 19.5 Å². The van der Waals surface area contributed by atoms with Crippen LogP contribution in [-0.2, 0) is 0 Å². The zero-order chi connectivity index (χ0) is 39.4. The molecule has 0 saturated carbocycles. The molecule has 15 heteroatoms. The summed E-state index contributed by atoms with van der Waals surface area (Å²) in [6, 6.07) is 18.6. The second-order valence-electron chi connectivity index (χ2n) is 15.0. The van der Waals surface area contributed by atoms with Crippen molar-refractivity contribution >= 4 is 39.3 Å². The fourth-order valence-electron chi connectivity index (χ4n) is 7.58. The van der Waals surface area contributed by atoms with Crippen molar-refractivity contribution in [2.75, 3.05) is 76.3 Å². The van der Waals surface area contributed by atoms with Crippen LogP contribution < -0.4 is 20.9 Å². The third-order valence-corrected chi connectivity index (χ3v) is 10.8. The zero-order valence-electron chi connectivity index (χ0n) is 32.8. The minimum atomic E-state index is -0.107. The predicted octanol–water partition coefficient (Wildman–Crippen LogP) is 4.34. The van der Waals surface area contributed by atoms with Gasteiger partial charge in [0.15, 0.2) is 11.5 Å². The lowest BCUT2D eigenvalue weighted by Gasteiger charge is -2.34. The van der Waals surface area contributed by atoms with Gasteiger partial charge in [0, 0.05) is 89.4 Å². The molecule has 2 aliphatic heterocycles. The highest BCUT2D eigenvalue weighted by Gasteiger charge is 2.18. The van der Waals surface area contributed by atoms with Crippen LogP contribution in [0.1, 0.15) is 17.3 Å². The van der Waals surface area contributed by atoms with Crippen LogP contribution in [0.2, 0.25) is 0 Å². The molecule has 0 aliphatic carbocycles. The summed E-state index contributed by atoms with van der Waals surface area (Å²) < 4.78 is 10.6. The van der Waals surface area contributed by atoms with E-state index in [0.29, 0.717) is 39.8 Å². The minimum Gasteiger partial charge on any atom is -0.441 e. The predicted molar refractivity (Wildman–Crippen MR) is 222 cm³/mol. The van der Waals surface area contributed by atoms with Crippen LogP contribution in [-0.4, -0.2) is 115 Å². The largest absolute Gasteiger partial charge is 0.441 e. The van der Waals surface area contributed by atoms with Crippen molar-refractivity contribution < 1.29 is 4.42 Å². The summed E-state index contributed by atoms with van der Waals surface area (Å²) in [5, 5.41) is 4.60. The van der Waals surface area contributed by atoms with E-state index in [9.17, 15) is 9.59 Å². The fraction of sp³-hybridized carbons (Fsp3) is 0.310. The molecule has 290 valence electrons. The van der Waals surface area contributed by atoms with E-state index >= 15 is 0 Å². The zero-order valence-corrected chi connectivity index (χ0v) is 32.8. The van der Waals surface area contributed by atoms with Crippen molar-refractivity contribution in [1.82, 2.24) is 48.2 Å². The number of hydrogen-bond acceptors (Lipinski definition) is 12. The Kier molecular flexibility index (Phi) is 9.25. The Morgan fingerprint density at radius 1 is 0.579 bits per heavy atom. The van der Waals surface area contributed by atoms with Crippen molar-refractivity contribution in [2.24, 2.45) is 0 Å².